The van der Waals surface area contributed by atoms with E-state index in [1.54, 1.807) is 20.4 Å². The lowest BCUT2D eigenvalue weighted by Gasteiger charge is -2.23. The Morgan fingerprint density at radius 3 is 2.42 bits per heavy atom. The van der Waals surface area contributed by atoms with Crippen LogP contribution in [0.4, 0.5) is 0 Å². The molecule has 0 aliphatic heterocycles. The number of methoxy groups -OCH3 is 2. The molecule has 1 rings (SSSR count). The SMILES string of the molecule is CCC(CC)C(C)NCc1nccc(OC)c1OC. The molecule has 0 saturated heterocycles. The zero-order valence-electron chi connectivity index (χ0n) is 12.7. The first-order valence-corrected chi connectivity index (χ1v) is 6.97. The van der Waals surface area contributed by atoms with Crippen molar-refractivity contribution in [3.8, 4) is 11.5 Å². The van der Waals surface area contributed by atoms with Crippen LogP contribution in [-0.2, 0) is 6.54 Å². The Kier molecular flexibility index (Phi) is 6.64. The van der Waals surface area contributed by atoms with Gasteiger partial charge in [-0.05, 0) is 12.8 Å². The molecule has 1 aromatic rings. The normalized spacial score (nSPS) is 12.5. The minimum absolute atomic E-state index is 0.465. The minimum atomic E-state index is 0.465. The van der Waals surface area contributed by atoms with Crippen LogP contribution in [0.25, 0.3) is 0 Å². The maximum atomic E-state index is 5.39. The van der Waals surface area contributed by atoms with E-state index in [0.29, 0.717) is 24.3 Å². The first kappa shape index (κ1) is 15.8. The van der Waals surface area contributed by atoms with Crippen molar-refractivity contribution in [1.29, 1.82) is 0 Å². The topological polar surface area (TPSA) is 43.4 Å². The van der Waals surface area contributed by atoms with Gasteiger partial charge in [0.05, 0.1) is 19.9 Å². The molecule has 1 N–H and O–H groups in total. The largest absolute Gasteiger partial charge is 0.493 e. The molecule has 1 unspecified atom stereocenters. The van der Waals surface area contributed by atoms with Crippen molar-refractivity contribution in [2.75, 3.05) is 14.2 Å². The molecular formula is C15H26N2O2. The number of aromatic nitrogens is 1. The van der Waals surface area contributed by atoms with Crippen molar-refractivity contribution < 1.29 is 9.47 Å². The van der Waals surface area contributed by atoms with Crippen molar-refractivity contribution in [1.82, 2.24) is 10.3 Å². The van der Waals surface area contributed by atoms with Crippen molar-refractivity contribution in [3.63, 3.8) is 0 Å². The third-order valence-electron chi connectivity index (χ3n) is 3.71. The summed E-state index contributed by atoms with van der Waals surface area (Å²) in [5, 5.41) is 3.53. The fraction of sp³-hybridized carbons (Fsp3) is 0.667. The van der Waals surface area contributed by atoms with Crippen molar-refractivity contribution in [2.45, 2.75) is 46.2 Å². The summed E-state index contributed by atoms with van der Waals surface area (Å²) in [5.41, 5.74) is 0.889. The molecule has 0 spiro atoms. The fourth-order valence-electron chi connectivity index (χ4n) is 2.40. The summed E-state index contributed by atoms with van der Waals surface area (Å²) >= 11 is 0. The molecule has 0 amide bonds. The van der Waals surface area contributed by atoms with Gasteiger partial charge in [-0.15, -0.1) is 0 Å². The number of nitrogens with one attached hydrogen (secondary N) is 1. The fourth-order valence-corrected chi connectivity index (χ4v) is 2.40. The van der Waals surface area contributed by atoms with Crippen molar-refractivity contribution in [3.05, 3.63) is 18.0 Å². The third-order valence-corrected chi connectivity index (χ3v) is 3.71. The summed E-state index contributed by atoms with van der Waals surface area (Å²) in [6.07, 6.45) is 4.13. The third kappa shape index (κ3) is 4.10. The van der Waals surface area contributed by atoms with Crippen LogP contribution in [0.1, 0.15) is 39.3 Å². The second-order valence-corrected chi connectivity index (χ2v) is 4.74. The van der Waals surface area contributed by atoms with Gasteiger partial charge < -0.3 is 14.8 Å². The molecule has 0 saturated carbocycles. The van der Waals surface area contributed by atoms with Gasteiger partial charge in [0.25, 0.3) is 0 Å². The van der Waals surface area contributed by atoms with Crippen LogP contribution >= 0.6 is 0 Å². The van der Waals surface area contributed by atoms with Gasteiger partial charge >= 0.3 is 0 Å². The van der Waals surface area contributed by atoms with Gasteiger partial charge in [-0.3, -0.25) is 4.98 Å². The van der Waals surface area contributed by atoms with Crippen LogP contribution in [-0.4, -0.2) is 25.2 Å². The van der Waals surface area contributed by atoms with Gasteiger partial charge in [0, 0.05) is 24.8 Å². The van der Waals surface area contributed by atoms with E-state index in [4.69, 9.17) is 9.47 Å². The van der Waals surface area contributed by atoms with Crippen LogP contribution in [0.3, 0.4) is 0 Å². The Morgan fingerprint density at radius 1 is 1.21 bits per heavy atom. The quantitative estimate of drug-likeness (QED) is 0.785. The van der Waals surface area contributed by atoms with Gasteiger partial charge in [-0.1, -0.05) is 26.7 Å². The van der Waals surface area contributed by atoms with Crippen molar-refractivity contribution in [2.24, 2.45) is 5.92 Å². The second-order valence-electron chi connectivity index (χ2n) is 4.74. The summed E-state index contributed by atoms with van der Waals surface area (Å²) in [7, 11) is 3.29. The van der Waals surface area contributed by atoms with E-state index < -0.39 is 0 Å². The smallest absolute Gasteiger partial charge is 0.183 e. The summed E-state index contributed by atoms with van der Waals surface area (Å²) < 4.78 is 10.7. The number of ether oxygens (including phenoxy) is 2. The predicted molar refractivity (Wildman–Crippen MR) is 77.7 cm³/mol. The van der Waals surface area contributed by atoms with E-state index in [2.05, 4.69) is 31.1 Å². The van der Waals surface area contributed by atoms with Crippen LogP contribution in [0.5, 0.6) is 11.5 Å². The van der Waals surface area contributed by atoms with Gasteiger partial charge in [0.15, 0.2) is 11.5 Å². The Labute approximate surface area is 116 Å². The number of hydrogen-bond donors (Lipinski definition) is 1. The Hall–Kier alpha value is -1.29. The number of nitrogens with zero attached hydrogens (tertiary/aromatic N) is 1. The van der Waals surface area contributed by atoms with Crippen molar-refractivity contribution >= 4 is 0 Å². The van der Waals surface area contributed by atoms with E-state index in [-0.39, 0.29) is 0 Å². The summed E-state index contributed by atoms with van der Waals surface area (Å²) in [5.74, 6) is 2.13. The molecule has 0 aliphatic rings. The minimum Gasteiger partial charge on any atom is -0.493 e. The molecule has 1 heterocycles. The van der Waals surface area contributed by atoms with Crippen LogP contribution in [0, 0.1) is 5.92 Å². The molecule has 108 valence electrons. The molecule has 0 radical (unpaired) electrons. The number of rotatable bonds is 8. The predicted octanol–water partition coefficient (Wildman–Crippen LogP) is 3.01. The van der Waals surface area contributed by atoms with E-state index in [9.17, 15) is 0 Å². The second kappa shape index (κ2) is 8.00. The molecule has 0 aromatic carbocycles. The zero-order valence-corrected chi connectivity index (χ0v) is 12.7. The number of hydrogen-bond acceptors (Lipinski definition) is 4. The van der Waals surface area contributed by atoms with Gasteiger partial charge in [-0.25, -0.2) is 0 Å². The summed E-state index contributed by atoms with van der Waals surface area (Å²) in [4.78, 5) is 4.37. The molecule has 4 nitrogen and oxygen atoms in total. The summed E-state index contributed by atoms with van der Waals surface area (Å²) in [6, 6.07) is 2.28. The molecule has 19 heavy (non-hydrogen) atoms. The maximum Gasteiger partial charge on any atom is 0.183 e. The van der Waals surface area contributed by atoms with Crippen LogP contribution < -0.4 is 14.8 Å². The molecule has 0 aliphatic carbocycles. The maximum absolute atomic E-state index is 5.39. The number of pyridine rings is 1. The van der Waals surface area contributed by atoms with E-state index >= 15 is 0 Å². The zero-order chi connectivity index (χ0) is 14.3. The van der Waals surface area contributed by atoms with Crippen LogP contribution in [0.15, 0.2) is 12.3 Å². The molecule has 0 bridgehead atoms. The summed E-state index contributed by atoms with van der Waals surface area (Å²) in [6.45, 7) is 7.38. The molecule has 0 fully saturated rings. The van der Waals surface area contributed by atoms with Gasteiger partial charge in [-0.2, -0.15) is 0 Å². The molecule has 1 atom stereocenters. The molecule has 1 aromatic heterocycles. The van der Waals surface area contributed by atoms with Gasteiger partial charge in [0.2, 0.25) is 0 Å². The van der Waals surface area contributed by atoms with Gasteiger partial charge in [0.1, 0.15) is 0 Å². The molecule has 4 heteroatoms. The highest BCUT2D eigenvalue weighted by molar-refractivity contribution is 5.42. The average Bonchev–Trinajstić information content (AvgIpc) is 2.45. The lowest BCUT2D eigenvalue weighted by molar-refractivity contribution is 0.334. The highest BCUT2D eigenvalue weighted by Gasteiger charge is 2.15. The Bertz CT molecular complexity index is 378. The average molecular weight is 266 g/mol. The highest BCUT2D eigenvalue weighted by atomic mass is 16.5. The van der Waals surface area contributed by atoms with E-state index in [1.807, 2.05) is 6.07 Å². The Balaban J connectivity index is 2.72. The molecular weight excluding hydrogens is 240 g/mol. The lowest BCUT2D eigenvalue weighted by Crippen LogP contribution is -2.32. The lowest BCUT2D eigenvalue weighted by atomic mass is 9.95. The monoisotopic (exact) mass is 266 g/mol. The Morgan fingerprint density at radius 2 is 1.89 bits per heavy atom. The van der Waals surface area contributed by atoms with E-state index in [1.165, 1.54) is 12.8 Å². The first-order chi connectivity index (χ1) is 9.17. The standard InChI is InChI=1S/C15H26N2O2/c1-6-12(7-2)11(3)17-10-13-15(19-5)14(18-4)8-9-16-13/h8-9,11-12,17H,6-7,10H2,1-5H3. The highest BCUT2D eigenvalue weighted by Crippen LogP contribution is 2.29. The first-order valence-electron chi connectivity index (χ1n) is 6.97. The van der Waals surface area contributed by atoms with Crippen LogP contribution in [0.2, 0.25) is 0 Å². The van der Waals surface area contributed by atoms with E-state index in [0.717, 1.165) is 11.4 Å².